The van der Waals surface area contributed by atoms with E-state index in [9.17, 15) is 10.1 Å². The summed E-state index contributed by atoms with van der Waals surface area (Å²) in [5, 5.41) is 18.4. The van der Waals surface area contributed by atoms with E-state index in [0.29, 0.717) is 12.3 Å². The molecule has 3 nitrogen and oxygen atoms in total. The van der Waals surface area contributed by atoms with Crippen molar-refractivity contribution in [2.75, 3.05) is 0 Å². The lowest BCUT2D eigenvalue weighted by Gasteiger charge is -2.44. The maximum Gasteiger partial charge on any atom is 0.306 e. The zero-order valence-electron chi connectivity index (χ0n) is 8.91. The quantitative estimate of drug-likeness (QED) is 0.718. The molecule has 0 aromatic heterocycles. The molecule has 2 saturated carbocycles. The number of nitriles is 1. The van der Waals surface area contributed by atoms with Gasteiger partial charge in [0.15, 0.2) is 0 Å². The summed E-state index contributed by atoms with van der Waals surface area (Å²) >= 11 is 0. The first kappa shape index (κ1) is 10.5. The lowest BCUT2D eigenvalue weighted by Crippen LogP contribution is -2.40. The van der Waals surface area contributed by atoms with Crippen LogP contribution in [0.5, 0.6) is 0 Å². The second kappa shape index (κ2) is 3.84. The normalized spacial score (nSPS) is 40.2. The van der Waals surface area contributed by atoms with E-state index in [1.165, 1.54) is 6.42 Å². The molecule has 0 aliphatic heterocycles. The number of aliphatic carboxylic acids is 1. The Kier molecular flexibility index (Phi) is 2.68. The summed E-state index contributed by atoms with van der Waals surface area (Å²) in [6.07, 6.45) is 6.64. The van der Waals surface area contributed by atoms with Crippen LogP contribution in [0.4, 0.5) is 0 Å². The van der Waals surface area contributed by atoms with Gasteiger partial charge < -0.3 is 5.11 Å². The van der Waals surface area contributed by atoms with Gasteiger partial charge in [0.1, 0.15) is 0 Å². The third-order valence-electron chi connectivity index (χ3n) is 4.25. The minimum absolute atomic E-state index is 0.279. The Morgan fingerprint density at radius 1 is 1.33 bits per heavy atom. The number of carbonyl (C=O) groups is 1. The molecule has 0 spiro atoms. The summed E-state index contributed by atoms with van der Waals surface area (Å²) < 4.78 is 0. The van der Waals surface area contributed by atoms with Crippen LogP contribution in [-0.4, -0.2) is 11.1 Å². The lowest BCUT2D eigenvalue weighted by atomic mass is 9.58. The highest BCUT2D eigenvalue weighted by Gasteiger charge is 2.47. The van der Waals surface area contributed by atoms with Crippen LogP contribution >= 0.6 is 0 Å². The van der Waals surface area contributed by atoms with Gasteiger partial charge in [0.05, 0.1) is 17.4 Å². The number of hydrogen-bond acceptors (Lipinski definition) is 2. The van der Waals surface area contributed by atoms with Crippen molar-refractivity contribution < 1.29 is 9.90 Å². The molecule has 0 radical (unpaired) electrons. The molecule has 0 aromatic carbocycles. The lowest BCUT2D eigenvalue weighted by molar-refractivity contribution is -0.145. The van der Waals surface area contributed by atoms with E-state index < -0.39 is 5.97 Å². The van der Waals surface area contributed by atoms with Crippen molar-refractivity contribution in [2.45, 2.75) is 44.9 Å². The maximum atomic E-state index is 11.0. The summed E-state index contributed by atoms with van der Waals surface area (Å²) in [7, 11) is 0. The molecule has 3 heteroatoms. The first-order valence-electron chi connectivity index (χ1n) is 5.82. The summed E-state index contributed by atoms with van der Waals surface area (Å²) in [6.45, 7) is 0. The fraction of sp³-hybridized carbons (Fsp3) is 0.833. The predicted molar refractivity (Wildman–Crippen MR) is 55.0 cm³/mol. The van der Waals surface area contributed by atoms with Crippen molar-refractivity contribution in [1.82, 2.24) is 0 Å². The smallest absolute Gasteiger partial charge is 0.306 e. The molecule has 0 saturated heterocycles. The molecule has 0 heterocycles. The van der Waals surface area contributed by atoms with Gasteiger partial charge in [0.2, 0.25) is 0 Å². The van der Waals surface area contributed by atoms with E-state index in [4.69, 9.17) is 5.11 Å². The van der Waals surface area contributed by atoms with E-state index >= 15 is 0 Å². The minimum Gasteiger partial charge on any atom is -0.481 e. The Hall–Kier alpha value is -1.04. The molecule has 2 aliphatic rings. The van der Waals surface area contributed by atoms with Gasteiger partial charge in [-0.15, -0.1) is 0 Å². The number of rotatable bonds is 1. The van der Waals surface area contributed by atoms with E-state index in [1.54, 1.807) is 0 Å². The highest BCUT2D eigenvalue weighted by Crippen LogP contribution is 2.51. The second-order valence-electron chi connectivity index (χ2n) is 5.03. The highest BCUT2D eigenvalue weighted by molar-refractivity contribution is 5.70. The molecule has 1 N–H and O–H groups in total. The van der Waals surface area contributed by atoms with E-state index in [1.807, 2.05) is 0 Å². The van der Waals surface area contributed by atoms with Crippen LogP contribution in [0.25, 0.3) is 0 Å². The second-order valence-corrected chi connectivity index (χ2v) is 5.03. The van der Waals surface area contributed by atoms with Crippen molar-refractivity contribution in [3.05, 3.63) is 0 Å². The van der Waals surface area contributed by atoms with Crippen molar-refractivity contribution >= 4 is 5.97 Å². The van der Waals surface area contributed by atoms with Gasteiger partial charge in [-0.2, -0.15) is 5.26 Å². The van der Waals surface area contributed by atoms with Gasteiger partial charge in [0, 0.05) is 0 Å². The summed E-state index contributed by atoms with van der Waals surface area (Å²) in [5.74, 6) is -0.528. The Morgan fingerprint density at radius 3 is 2.80 bits per heavy atom. The van der Waals surface area contributed by atoms with Crippen LogP contribution in [0.2, 0.25) is 0 Å². The molecule has 2 aliphatic carbocycles. The molecular formula is C12H17NO2. The molecule has 0 bridgehead atoms. The van der Waals surface area contributed by atoms with Crippen molar-refractivity contribution in [3.8, 4) is 6.07 Å². The number of carboxylic acids is 1. The summed E-state index contributed by atoms with van der Waals surface area (Å²) in [6, 6.07) is 2.44. The van der Waals surface area contributed by atoms with Gasteiger partial charge in [-0.1, -0.05) is 12.8 Å². The number of fused-ring (bicyclic) bond motifs is 1. The number of carboxylic acid groups (broad SMARTS) is 1. The summed E-state index contributed by atoms with van der Waals surface area (Å²) in [5.41, 5.74) is -0.306. The average molecular weight is 207 g/mol. The van der Waals surface area contributed by atoms with Crippen LogP contribution < -0.4 is 0 Å². The van der Waals surface area contributed by atoms with Gasteiger partial charge in [-0.25, -0.2) is 0 Å². The number of hydrogen-bond donors (Lipinski definition) is 1. The topological polar surface area (TPSA) is 61.1 Å². The molecule has 15 heavy (non-hydrogen) atoms. The third-order valence-corrected chi connectivity index (χ3v) is 4.25. The SMILES string of the molecule is N#C[C@]12CCCC[C@H]1CC[C@@H](C(=O)O)C2. The van der Waals surface area contributed by atoms with Gasteiger partial charge in [-0.3, -0.25) is 4.79 Å². The maximum absolute atomic E-state index is 11.0. The predicted octanol–water partition coefficient (Wildman–Crippen LogP) is 2.57. The Bertz CT molecular complexity index is 307. The molecular weight excluding hydrogens is 190 g/mol. The first-order valence-corrected chi connectivity index (χ1v) is 5.82. The van der Waals surface area contributed by atoms with E-state index in [-0.39, 0.29) is 11.3 Å². The van der Waals surface area contributed by atoms with Crippen LogP contribution in [0.3, 0.4) is 0 Å². The Morgan fingerprint density at radius 2 is 2.13 bits per heavy atom. The Balaban J connectivity index is 2.17. The molecule has 0 amide bonds. The standard InChI is InChI=1S/C12H17NO2/c13-8-12-6-2-1-3-10(12)5-4-9(7-12)11(14)15/h9-10H,1-7H2,(H,14,15)/t9-,10+,12-/m1/s1. The zero-order valence-corrected chi connectivity index (χ0v) is 8.91. The fourth-order valence-electron chi connectivity index (χ4n) is 3.35. The fourth-order valence-corrected chi connectivity index (χ4v) is 3.35. The minimum atomic E-state index is -0.714. The monoisotopic (exact) mass is 207 g/mol. The molecule has 0 aromatic rings. The van der Waals surface area contributed by atoms with Crippen molar-refractivity contribution in [2.24, 2.45) is 17.3 Å². The average Bonchev–Trinajstić information content (AvgIpc) is 2.28. The van der Waals surface area contributed by atoms with Gasteiger partial charge in [0.25, 0.3) is 0 Å². The van der Waals surface area contributed by atoms with Crippen LogP contribution in [0.15, 0.2) is 0 Å². The van der Waals surface area contributed by atoms with Crippen LogP contribution in [0, 0.1) is 28.6 Å². The molecule has 0 unspecified atom stereocenters. The van der Waals surface area contributed by atoms with Crippen molar-refractivity contribution in [3.63, 3.8) is 0 Å². The number of nitrogens with zero attached hydrogens (tertiary/aromatic N) is 1. The molecule has 2 rings (SSSR count). The van der Waals surface area contributed by atoms with Gasteiger partial charge >= 0.3 is 5.97 Å². The van der Waals surface area contributed by atoms with Crippen molar-refractivity contribution in [1.29, 1.82) is 5.26 Å². The zero-order chi connectivity index (χ0) is 10.9. The molecule has 82 valence electrons. The first-order chi connectivity index (χ1) is 7.18. The van der Waals surface area contributed by atoms with Crippen LogP contribution in [0.1, 0.15) is 44.9 Å². The van der Waals surface area contributed by atoms with Gasteiger partial charge in [-0.05, 0) is 38.0 Å². The van der Waals surface area contributed by atoms with E-state index in [0.717, 1.165) is 32.1 Å². The molecule has 3 atom stereocenters. The Labute approximate surface area is 90.1 Å². The van der Waals surface area contributed by atoms with E-state index in [2.05, 4.69) is 6.07 Å². The highest BCUT2D eigenvalue weighted by atomic mass is 16.4. The largest absolute Gasteiger partial charge is 0.481 e. The van der Waals surface area contributed by atoms with Crippen LogP contribution in [-0.2, 0) is 4.79 Å². The molecule has 2 fully saturated rings. The summed E-state index contributed by atoms with van der Waals surface area (Å²) in [4.78, 5) is 11.0. The third kappa shape index (κ3) is 1.73.